The molecule has 1 fully saturated rings. The quantitative estimate of drug-likeness (QED) is 0.885. The predicted octanol–water partition coefficient (Wildman–Crippen LogP) is 3.31. The molecule has 2 heterocycles. The second-order valence-corrected chi connectivity index (χ2v) is 5.86. The Bertz CT molecular complexity index is 638. The molecule has 2 aromatic rings. The van der Waals surface area contributed by atoms with Crippen molar-refractivity contribution >= 4 is 5.69 Å². The number of fused-ring (bicyclic) bond motifs is 3. The first kappa shape index (κ1) is 12.7. The Morgan fingerprint density at radius 2 is 1.86 bits per heavy atom. The van der Waals surface area contributed by atoms with E-state index in [2.05, 4.69) is 47.0 Å². The molecular weight excluding hydrogens is 260 g/mol. The summed E-state index contributed by atoms with van der Waals surface area (Å²) in [7, 11) is 1.71. The number of nitrogens with one attached hydrogen (secondary N) is 2. The second-order valence-electron chi connectivity index (χ2n) is 5.86. The van der Waals surface area contributed by atoms with Crippen molar-refractivity contribution in [3.63, 3.8) is 0 Å². The minimum absolute atomic E-state index is 0.349. The number of benzene rings is 2. The Morgan fingerprint density at radius 3 is 2.67 bits per heavy atom. The van der Waals surface area contributed by atoms with Crippen LogP contribution in [0.25, 0.3) is 0 Å². The topological polar surface area (TPSA) is 33.3 Å². The van der Waals surface area contributed by atoms with Crippen LogP contribution in [0.3, 0.4) is 0 Å². The molecule has 3 nitrogen and oxygen atoms in total. The monoisotopic (exact) mass is 280 g/mol. The van der Waals surface area contributed by atoms with Crippen molar-refractivity contribution in [2.45, 2.75) is 24.4 Å². The third kappa shape index (κ3) is 2.09. The molecule has 0 spiro atoms. The van der Waals surface area contributed by atoms with Crippen molar-refractivity contribution in [3.8, 4) is 5.75 Å². The van der Waals surface area contributed by atoms with Crippen LogP contribution in [0.5, 0.6) is 5.75 Å². The van der Waals surface area contributed by atoms with E-state index in [1.54, 1.807) is 7.11 Å². The SMILES string of the molecule is COc1ccc(C2NCCC3c4ccccc4NC32)cc1. The van der Waals surface area contributed by atoms with Crippen LogP contribution in [0.4, 0.5) is 5.69 Å². The van der Waals surface area contributed by atoms with E-state index in [1.165, 1.54) is 23.2 Å². The molecule has 3 heteroatoms. The van der Waals surface area contributed by atoms with Crippen LogP contribution in [0.2, 0.25) is 0 Å². The number of para-hydroxylation sites is 1. The Labute approximate surface area is 125 Å². The summed E-state index contributed by atoms with van der Waals surface area (Å²) in [6.45, 7) is 1.06. The summed E-state index contributed by atoms with van der Waals surface area (Å²) in [5, 5.41) is 7.40. The summed E-state index contributed by atoms with van der Waals surface area (Å²) in [5.41, 5.74) is 4.10. The van der Waals surface area contributed by atoms with Gasteiger partial charge in [0.1, 0.15) is 5.75 Å². The Balaban J connectivity index is 1.65. The van der Waals surface area contributed by atoms with E-state index in [4.69, 9.17) is 4.74 Å². The number of piperidine rings is 1. The summed E-state index contributed by atoms with van der Waals surface area (Å²) in [6, 6.07) is 17.9. The van der Waals surface area contributed by atoms with Gasteiger partial charge in [-0.3, -0.25) is 0 Å². The molecule has 108 valence electrons. The van der Waals surface area contributed by atoms with E-state index in [0.717, 1.165) is 12.3 Å². The first-order valence-corrected chi connectivity index (χ1v) is 7.59. The highest BCUT2D eigenvalue weighted by Crippen LogP contribution is 2.44. The zero-order valence-corrected chi connectivity index (χ0v) is 12.2. The van der Waals surface area contributed by atoms with Crippen LogP contribution in [0.1, 0.15) is 29.5 Å². The van der Waals surface area contributed by atoms with Gasteiger partial charge in [0.15, 0.2) is 0 Å². The van der Waals surface area contributed by atoms with Crippen molar-refractivity contribution in [2.24, 2.45) is 0 Å². The predicted molar refractivity (Wildman–Crippen MR) is 84.9 cm³/mol. The molecular formula is C18H20N2O. The maximum atomic E-state index is 5.26. The molecule has 21 heavy (non-hydrogen) atoms. The van der Waals surface area contributed by atoms with Gasteiger partial charge in [0, 0.05) is 11.6 Å². The fourth-order valence-corrected chi connectivity index (χ4v) is 3.73. The molecule has 0 radical (unpaired) electrons. The molecule has 2 N–H and O–H groups in total. The average Bonchev–Trinajstić information content (AvgIpc) is 2.94. The smallest absolute Gasteiger partial charge is 0.118 e. The molecule has 0 amide bonds. The summed E-state index contributed by atoms with van der Waals surface area (Å²) in [4.78, 5) is 0. The van der Waals surface area contributed by atoms with Crippen LogP contribution in [0, 0.1) is 0 Å². The lowest BCUT2D eigenvalue weighted by atomic mass is 9.82. The van der Waals surface area contributed by atoms with Gasteiger partial charge in [0.2, 0.25) is 0 Å². The highest BCUT2D eigenvalue weighted by molar-refractivity contribution is 5.60. The first-order valence-electron chi connectivity index (χ1n) is 7.59. The summed E-state index contributed by atoms with van der Waals surface area (Å²) in [6.07, 6.45) is 1.20. The maximum Gasteiger partial charge on any atom is 0.118 e. The van der Waals surface area contributed by atoms with E-state index < -0.39 is 0 Å². The third-order valence-electron chi connectivity index (χ3n) is 4.77. The van der Waals surface area contributed by atoms with E-state index in [9.17, 15) is 0 Å². The van der Waals surface area contributed by atoms with E-state index in [-0.39, 0.29) is 0 Å². The molecule has 2 aromatic carbocycles. The lowest BCUT2D eigenvalue weighted by Crippen LogP contribution is -2.43. The van der Waals surface area contributed by atoms with Crippen LogP contribution < -0.4 is 15.4 Å². The summed E-state index contributed by atoms with van der Waals surface area (Å²) < 4.78 is 5.26. The fraction of sp³-hybridized carbons (Fsp3) is 0.333. The average molecular weight is 280 g/mol. The lowest BCUT2D eigenvalue weighted by Gasteiger charge is -2.35. The Kier molecular flexibility index (Phi) is 3.08. The zero-order valence-electron chi connectivity index (χ0n) is 12.2. The molecule has 0 aliphatic carbocycles. The van der Waals surface area contributed by atoms with Crippen molar-refractivity contribution in [1.29, 1.82) is 0 Å². The molecule has 1 saturated heterocycles. The molecule has 4 rings (SSSR count). The number of hydrogen-bond donors (Lipinski definition) is 2. The van der Waals surface area contributed by atoms with Crippen molar-refractivity contribution < 1.29 is 4.74 Å². The normalized spacial score (nSPS) is 26.6. The van der Waals surface area contributed by atoms with Gasteiger partial charge in [-0.15, -0.1) is 0 Å². The highest BCUT2D eigenvalue weighted by Gasteiger charge is 2.40. The summed E-state index contributed by atoms with van der Waals surface area (Å²) >= 11 is 0. The van der Waals surface area contributed by atoms with E-state index in [1.807, 2.05) is 12.1 Å². The molecule has 2 aliphatic rings. The lowest BCUT2D eigenvalue weighted by molar-refractivity contribution is 0.348. The Morgan fingerprint density at radius 1 is 1.05 bits per heavy atom. The minimum Gasteiger partial charge on any atom is -0.497 e. The van der Waals surface area contributed by atoms with Crippen molar-refractivity contribution in [1.82, 2.24) is 5.32 Å². The number of anilines is 1. The van der Waals surface area contributed by atoms with Crippen LogP contribution in [-0.4, -0.2) is 19.7 Å². The number of methoxy groups -OCH3 is 1. The van der Waals surface area contributed by atoms with Crippen LogP contribution in [-0.2, 0) is 0 Å². The van der Waals surface area contributed by atoms with Gasteiger partial charge in [0.25, 0.3) is 0 Å². The van der Waals surface area contributed by atoms with Gasteiger partial charge >= 0.3 is 0 Å². The van der Waals surface area contributed by atoms with E-state index in [0.29, 0.717) is 18.0 Å². The van der Waals surface area contributed by atoms with Gasteiger partial charge < -0.3 is 15.4 Å². The van der Waals surface area contributed by atoms with Crippen molar-refractivity contribution in [3.05, 3.63) is 59.7 Å². The largest absolute Gasteiger partial charge is 0.497 e. The highest BCUT2D eigenvalue weighted by atomic mass is 16.5. The molecule has 2 aliphatic heterocycles. The van der Waals surface area contributed by atoms with Gasteiger partial charge in [-0.25, -0.2) is 0 Å². The maximum absolute atomic E-state index is 5.26. The number of hydrogen-bond acceptors (Lipinski definition) is 3. The van der Waals surface area contributed by atoms with Crippen molar-refractivity contribution in [2.75, 3.05) is 19.0 Å². The number of ether oxygens (including phenoxy) is 1. The standard InChI is InChI=1S/C18H20N2O/c1-21-13-8-6-12(7-9-13)17-18-15(10-11-19-17)14-4-2-3-5-16(14)20-18/h2-9,15,17-20H,10-11H2,1H3. The van der Waals surface area contributed by atoms with E-state index >= 15 is 0 Å². The molecule has 3 unspecified atom stereocenters. The van der Waals surface area contributed by atoms with Crippen LogP contribution >= 0.6 is 0 Å². The van der Waals surface area contributed by atoms with Crippen LogP contribution in [0.15, 0.2) is 48.5 Å². The minimum atomic E-state index is 0.349. The fourth-order valence-electron chi connectivity index (χ4n) is 3.73. The molecule has 3 atom stereocenters. The van der Waals surface area contributed by atoms with Gasteiger partial charge in [-0.2, -0.15) is 0 Å². The third-order valence-corrected chi connectivity index (χ3v) is 4.77. The molecule has 0 aromatic heterocycles. The van der Waals surface area contributed by atoms with Gasteiger partial charge in [-0.1, -0.05) is 30.3 Å². The second kappa shape index (κ2) is 5.08. The molecule has 0 bridgehead atoms. The molecule has 0 saturated carbocycles. The summed E-state index contributed by atoms with van der Waals surface area (Å²) in [5.74, 6) is 1.52. The number of rotatable bonds is 2. The van der Waals surface area contributed by atoms with Gasteiger partial charge in [0.05, 0.1) is 19.2 Å². The van der Waals surface area contributed by atoms with Gasteiger partial charge in [-0.05, 0) is 42.3 Å². The Hall–Kier alpha value is -2.00. The zero-order chi connectivity index (χ0) is 14.2. The first-order chi connectivity index (χ1) is 10.4.